The number of esters is 1. The van der Waals surface area contributed by atoms with E-state index in [1.165, 1.54) is 13.4 Å². The SMILES string of the molecule is COC(=O)C(Cc1ccccc1)Nc1cc(-c2ccccc2NC(=O)OC(C)(C)C)ncn1. The van der Waals surface area contributed by atoms with Crippen molar-refractivity contribution >= 4 is 23.6 Å². The van der Waals surface area contributed by atoms with E-state index in [1.54, 1.807) is 32.9 Å². The van der Waals surface area contributed by atoms with Crippen LogP contribution in [0.5, 0.6) is 0 Å². The first-order valence-electron chi connectivity index (χ1n) is 10.5. The predicted octanol–water partition coefficient (Wildman–Crippen LogP) is 4.69. The maximum atomic E-state index is 12.4. The molecule has 1 atom stereocenters. The van der Waals surface area contributed by atoms with E-state index in [0.29, 0.717) is 29.2 Å². The molecule has 8 heteroatoms. The van der Waals surface area contributed by atoms with Crippen molar-refractivity contribution in [3.8, 4) is 11.3 Å². The third kappa shape index (κ3) is 7.03. The summed E-state index contributed by atoms with van der Waals surface area (Å²) in [7, 11) is 1.35. The molecule has 3 aromatic rings. The summed E-state index contributed by atoms with van der Waals surface area (Å²) in [5, 5.41) is 5.91. The van der Waals surface area contributed by atoms with E-state index in [0.717, 1.165) is 5.56 Å². The van der Waals surface area contributed by atoms with E-state index in [-0.39, 0.29) is 0 Å². The zero-order valence-electron chi connectivity index (χ0n) is 19.2. The maximum Gasteiger partial charge on any atom is 0.412 e. The molecular weight excluding hydrogens is 420 g/mol. The third-order valence-electron chi connectivity index (χ3n) is 4.60. The number of amides is 1. The molecule has 33 heavy (non-hydrogen) atoms. The molecule has 172 valence electrons. The average molecular weight is 449 g/mol. The Labute approximate surface area is 193 Å². The Bertz CT molecular complexity index is 1100. The normalized spacial score (nSPS) is 11.9. The molecule has 1 unspecified atom stereocenters. The lowest BCUT2D eigenvalue weighted by Gasteiger charge is -2.20. The Morgan fingerprint density at radius 2 is 1.70 bits per heavy atom. The lowest BCUT2D eigenvalue weighted by Crippen LogP contribution is -2.33. The molecule has 3 rings (SSSR count). The van der Waals surface area contributed by atoms with Crippen LogP contribution in [0.25, 0.3) is 11.3 Å². The van der Waals surface area contributed by atoms with Gasteiger partial charge in [-0.15, -0.1) is 0 Å². The van der Waals surface area contributed by atoms with Crippen molar-refractivity contribution < 1.29 is 19.1 Å². The molecule has 0 aliphatic carbocycles. The zero-order chi connectivity index (χ0) is 23.8. The molecule has 0 fully saturated rings. The smallest absolute Gasteiger partial charge is 0.412 e. The fourth-order valence-corrected chi connectivity index (χ4v) is 3.18. The minimum Gasteiger partial charge on any atom is -0.467 e. The van der Waals surface area contributed by atoms with Gasteiger partial charge < -0.3 is 14.8 Å². The highest BCUT2D eigenvalue weighted by Crippen LogP contribution is 2.28. The topological polar surface area (TPSA) is 102 Å². The van der Waals surface area contributed by atoms with Crippen molar-refractivity contribution in [3.05, 3.63) is 72.6 Å². The molecule has 2 N–H and O–H groups in total. The molecule has 0 saturated carbocycles. The van der Waals surface area contributed by atoms with Crippen LogP contribution in [0.2, 0.25) is 0 Å². The minimum absolute atomic E-state index is 0.397. The molecule has 1 aromatic heterocycles. The molecule has 0 spiro atoms. The number of nitrogens with one attached hydrogen (secondary N) is 2. The highest BCUT2D eigenvalue weighted by Gasteiger charge is 2.21. The lowest BCUT2D eigenvalue weighted by atomic mass is 10.1. The van der Waals surface area contributed by atoms with Crippen molar-refractivity contribution in [3.63, 3.8) is 0 Å². The number of methoxy groups -OCH3 is 1. The van der Waals surface area contributed by atoms with Gasteiger partial charge in [-0.3, -0.25) is 5.32 Å². The van der Waals surface area contributed by atoms with Crippen LogP contribution < -0.4 is 10.6 Å². The number of hydrogen-bond donors (Lipinski definition) is 2. The van der Waals surface area contributed by atoms with Gasteiger partial charge in [-0.2, -0.15) is 0 Å². The summed E-state index contributed by atoms with van der Waals surface area (Å²) in [4.78, 5) is 33.3. The highest BCUT2D eigenvalue weighted by molar-refractivity contribution is 5.91. The van der Waals surface area contributed by atoms with Crippen molar-refractivity contribution in [2.24, 2.45) is 0 Å². The fourth-order valence-electron chi connectivity index (χ4n) is 3.18. The van der Waals surface area contributed by atoms with Crippen molar-refractivity contribution in [2.75, 3.05) is 17.7 Å². The number of benzene rings is 2. The number of ether oxygens (including phenoxy) is 2. The van der Waals surface area contributed by atoms with Crippen LogP contribution in [-0.2, 0) is 20.7 Å². The average Bonchev–Trinajstić information content (AvgIpc) is 2.78. The van der Waals surface area contributed by atoms with Gasteiger partial charge in [-0.25, -0.2) is 19.6 Å². The first-order chi connectivity index (χ1) is 15.7. The van der Waals surface area contributed by atoms with E-state index >= 15 is 0 Å². The second kappa shape index (κ2) is 10.6. The number of para-hydroxylation sites is 1. The fraction of sp³-hybridized carbons (Fsp3) is 0.280. The van der Waals surface area contributed by atoms with Gasteiger partial charge in [0.2, 0.25) is 0 Å². The summed E-state index contributed by atoms with van der Waals surface area (Å²) in [6.45, 7) is 5.40. The number of hydrogen-bond acceptors (Lipinski definition) is 7. The number of rotatable bonds is 7. The van der Waals surface area contributed by atoms with Gasteiger partial charge in [0.05, 0.1) is 18.5 Å². The summed E-state index contributed by atoms with van der Waals surface area (Å²) < 4.78 is 10.3. The Balaban J connectivity index is 1.83. The summed E-state index contributed by atoms with van der Waals surface area (Å²) in [6.07, 6.45) is 1.28. The van der Waals surface area contributed by atoms with Crippen LogP contribution in [0.15, 0.2) is 67.0 Å². The quantitative estimate of drug-likeness (QED) is 0.506. The van der Waals surface area contributed by atoms with Gasteiger partial charge in [0.1, 0.15) is 23.8 Å². The minimum atomic E-state index is -0.629. The van der Waals surface area contributed by atoms with E-state index in [9.17, 15) is 9.59 Å². The van der Waals surface area contributed by atoms with Gasteiger partial charge in [-0.1, -0.05) is 48.5 Å². The summed E-state index contributed by atoms with van der Waals surface area (Å²) in [5.41, 5.74) is 2.17. The number of aromatic nitrogens is 2. The first kappa shape index (κ1) is 23.7. The van der Waals surface area contributed by atoms with Crippen molar-refractivity contribution in [1.29, 1.82) is 0 Å². The van der Waals surface area contributed by atoms with Crippen LogP contribution in [-0.4, -0.2) is 40.8 Å². The number of carbonyl (C=O) groups excluding carboxylic acids is 2. The number of carbonyl (C=O) groups is 2. The third-order valence-corrected chi connectivity index (χ3v) is 4.60. The largest absolute Gasteiger partial charge is 0.467 e. The van der Waals surface area contributed by atoms with Crippen LogP contribution in [0, 0.1) is 0 Å². The number of nitrogens with zero attached hydrogens (tertiary/aromatic N) is 2. The van der Waals surface area contributed by atoms with E-state index in [4.69, 9.17) is 9.47 Å². The van der Waals surface area contributed by atoms with Gasteiger partial charge >= 0.3 is 12.1 Å². The Kier molecular flexibility index (Phi) is 7.61. The van der Waals surface area contributed by atoms with Crippen LogP contribution in [0.4, 0.5) is 16.3 Å². The Morgan fingerprint density at radius 1 is 1.00 bits per heavy atom. The molecule has 0 bridgehead atoms. The molecule has 0 saturated heterocycles. The van der Waals surface area contributed by atoms with Crippen molar-refractivity contribution in [2.45, 2.75) is 38.8 Å². The molecule has 8 nitrogen and oxygen atoms in total. The van der Waals surface area contributed by atoms with Gasteiger partial charge in [0.25, 0.3) is 0 Å². The first-order valence-corrected chi connectivity index (χ1v) is 10.5. The zero-order valence-corrected chi connectivity index (χ0v) is 19.2. The van der Waals surface area contributed by atoms with E-state index in [1.807, 2.05) is 48.5 Å². The predicted molar refractivity (Wildman–Crippen MR) is 127 cm³/mol. The monoisotopic (exact) mass is 448 g/mol. The van der Waals surface area contributed by atoms with Gasteiger partial charge in [-0.05, 0) is 32.4 Å². The number of anilines is 2. The van der Waals surface area contributed by atoms with Gasteiger partial charge in [0, 0.05) is 18.1 Å². The Hall–Kier alpha value is -3.94. The summed E-state index contributed by atoms with van der Waals surface area (Å²) in [5.74, 6) is 0.0596. The lowest BCUT2D eigenvalue weighted by molar-refractivity contribution is -0.141. The van der Waals surface area contributed by atoms with E-state index in [2.05, 4.69) is 20.6 Å². The van der Waals surface area contributed by atoms with Crippen LogP contribution >= 0.6 is 0 Å². The molecule has 1 amide bonds. The molecular formula is C25H28N4O4. The molecule has 2 aromatic carbocycles. The Morgan fingerprint density at radius 3 is 2.39 bits per heavy atom. The second-order valence-corrected chi connectivity index (χ2v) is 8.37. The van der Waals surface area contributed by atoms with Crippen LogP contribution in [0.3, 0.4) is 0 Å². The molecule has 0 aliphatic rings. The highest BCUT2D eigenvalue weighted by atomic mass is 16.6. The summed E-state index contributed by atoms with van der Waals surface area (Å²) in [6, 6.07) is 18.0. The molecule has 0 aliphatic heterocycles. The molecule has 0 radical (unpaired) electrons. The van der Waals surface area contributed by atoms with E-state index < -0.39 is 23.7 Å². The molecule has 1 heterocycles. The standard InChI is InChI=1S/C25H28N4O4/c1-25(2,3)33-24(31)29-19-13-9-8-12-18(19)20-15-22(27-16-26-20)28-21(23(30)32-4)14-17-10-6-5-7-11-17/h5-13,15-16,21H,14H2,1-4H3,(H,29,31)(H,26,27,28). The van der Waals surface area contributed by atoms with Crippen molar-refractivity contribution in [1.82, 2.24) is 9.97 Å². The van der Waals surface area contributed by atoms with Gasteiger partial charge in [0.15, 0.2) is 0 Å². The maximum absolute atomic E-state index is 12.4. The summed E-state index contributed by atoms with van der Waals surface area (Å²) >= 11 is 0. The second-order valence-electron chi connectivity index (χ2n) is 8.37. The van der Waals surface area contributed by atoms with Crippen LogP contribution in [0.1, 0.15) is 26.3 Å².